The van der Waals surface area contributed by atoms with Crippen LogP contribution in [0.4, 0.5) is 0 Å². The van der Waals surface area contributed by atoms with Gasteiger partial charge in [0.1, 0.15) is 0 Å². The lowest BCUT2D eigenvalue weighted by atomic mass is 9.74. The molecule has 0 nitrogen and oxygen atoms in total. The second-order valence-corrected chi connectivity index (χ2v) is 7.29. The van der Waals surface area contributed by atoms with Gasteiger partial charge in [0.15, 0.2) is 0 Å². The molecule has 0 aliphatic heterocycles. The van der Waals surface area contributed by atoms with Crippen LogP contribution in [-0.4, -0.2) is 0 Å². The highest BCUT2D eigenvalue weighted by Crippen LogP contribution is 2.40. The maximum absolute atomic E-state index is 2.39. The number of hydrogen-bond acceptors (Lipinski definition) is 0. The van der Waals surface area contributed by atoms with Crippen LogP contribution in [0.5, 0.6) is 0 Å². The Hall–Kier alpha value is -2.34. The second kappa shape index (κ2) is 10.9. The van der Waals surface area contributed by atoms with Crippen LogP contribution in [0.15, 0.2) is 72.8 Å². The molecule has 1 aliphatic rings. The first-order valence-electron chi connectivity index (χ1n) is 11.0. The smallest absolute Gasteiger partial charge is 0.00949 e. The van der Waals surface area contributed by atoms with Gasteiger partial charge in [-0.2, -0.15) is 0 Å². The van der Waals surface area contributed by atoms with Crippen LogP contribution in [0, 0.1) is 12.8 Å². The average Bonchev–Trinajstić information content (AvgIpc) is 2.76. The fraction of sp³-hybridized carbons (Fsp3) is 0.357. The van der Waals surface area contributed by atoms with Crippen molar-refractivity contribution in [2.24, 2.45) is 5.92 Å². The Bertz CT molecular complexity index is 842. The number of benzene rings is 3. The van der Waals surface area contributed by atoms with Gasteiger partial charge in [-0.25, -0.2) is 0 Å². The van der Waals surface area contributed by atoms with E-state index < -0.39 is 0 Å². The quantitative estimate of drug-likeness (QED) is 0.423. The van der Waals surface area contributed by atoms with Crippen molar-refractivity contribution in [1.29, 1.82) is 0 Å². The highest BCUT2D eigenvalue weighted by Gasteiger charge is 2.25. The normalized spacial score (nSPS) is 17.4. The molecule has 28 heavy (non-hydrogen) atoms. The molecule has 0 spiro atoms. The van der Waals surface area contributed by atoms with Gasteiger partial charge < -0.3 is 0 Å². The maximum Gasteiger partial charge on any atom is 0.00949 e. The molecule has 0 aromatic heterocycles. The van der Waals surface area contributed by atoms with Crippen LogP contribution in [0.1, 0.15) is 69.2 Å². The number of rotatable bonds is 2. The van der Waals surface area contributed by atoms with Crippen LogP contribution >= 0.6 is 0 Å². The van der Waals surface area contributed by atoms with Gasteiger partial charge in [-0.05, 0) is 53.5 Å². The molecule has 3 aromatic rings. The van der Waals surface area contributed by atoms with Gasteiger partial charge in [0.05, 0.1) is 0 Å². The predicted octanol–water partition coefficient (Wildman–Crippen LogP) is 8.43. The first-order valence-corrected chi connectivity index (χ1v) is 11.0. The molecule has 0 bridgehead atoms. The van der Waals surface area contributed by atoms with E-state index in [0.717, 1.165) is 5.92 Å². The van der Waals surface area contributed by atoms with E-state index in [2.05, 4.69) is 86.6 Å². The zero-order valence-electron chi connectivity index (χ0n) is 18.5. The molecule has 148 valence electrons. The largest absolute Gasteiger partial charge is 0.0683 e. The second-order valence-electron chi connectivity index (χ2n) is 7.29. The third-order valence-electron chi connectivity index (χ3n) is 5.31. The third-order valence-corrected chi connectivity index (χ3v) is 5.31. The Morgan fingerprint density at radius 3 is 2.11 bits per heavy atom. The highest BCUT2D eigenvalue weighted by molar-refractivity contribution is 5.65. The van der Waals surface area contributed by atoms with Crippen molar-refractivity contribution in [1.82, 2.24) is 0 Å². The summed E-state index contributed by atoms with van der Waals surface area (Å²) in [5.41, 5.74) is 8.44. The van der Waals surface area contributed by atoms with Gasteiger partial charge in [-0.15, -0.1) is 0 Å². The standard InChI is InChI=1S/C24H24.2C2H6/c1-17-10-12-19(13-11-17)20-7-5-8-22(16-20)24-15-18(2)14-21-6-3-4-9-23(21)24;2*1-2/h3-13,16,18,24H,14-15H2,1-2H3;2*1-2H3/t18-,24?;;/m1../s1. The lowest BCUT2D eigenvalue weighted by molar-refractivity contribution is 0.464. The van der Waals surface area contributed by atoms with Crippen molar-refractivity contribution in [3.05, 3.63) is 95.1 Å². The Morgan fingerprint density at radius 2 is 1.39 bits per heavy atom. The molecule has 1 unspecified atom stereocenters. The molecule has 0 heteroatoms. The minimum Gasteiger partial charge on any atom is -0.0683 e. The molecular weight excluding hydrogens is 336 g/mol. The van der Waals surface area contributed by atoms with Crippen molar-refractivity contribution in [2.75, 3.05) is 0 Å². The number of hydrogen-bond donors (Lipinski definition) is 0. The van der Waals surface area contributed by atoms with Gasteiger partial charge >= 0.3 is 0 Å². The summed E-state index contributed by atoms with van der Waals surface area (Å²) in [7, 11) is 0. The summed E-state index contributed by atoms with van der Waals surface area (Å²) in [4.78, 5) is 0. The Labute approximate surface area is 172 Å². The molecule has 0 N–H and O–H groups in total. The Kier molecular flexibility index (Phi) is 8.51. The predicted molar refractivity (Wildman–Crippen MR) is 125 cm³/mol. The molecule has 4 rings (SSSR count). The molecule has 0 saturated carbocycles. The minimum absolute atomic E-state index is 0.523. The minimum atomic E-state index is 0.523. The van der Waals surface area contributed by atoms with Crippen molar-refractivity contribution in [3.8, 4) is 11.1 Å². The van der Waals surface area contributed by atoms with Gasteiger partial charge in [0.2, 0.25) is 0 Å². The number of aryl methyl sites for hydroxylation is 1. The SMILES string of the molecule is CC.CC.Cc1ccc(-c2cccc(C3C[C@H](C)Cc4ccccc43)c2)cc1. The summed E-state index contributed by atoms with van der Waals surface area (Å²) in [5.74, 6) is 1.27. The fourth-order valence-corrected chi connectivity index (χ4v) is 4.04. The average molecular weight is 373 g/mol. The zero-order chi connectivity index (χ0) is 20.5. The first kappa shape index (κ1) is 22.0. The van der Waals surface area contributed by atoms with Crippen LogP contribution in [0.2, 0.25) is 0 Å². The first-order chi connectivity index (χ1) is 13.7. The molecule has 3 aromatic carbocycles. The van der Waals surface area contributed by atoms with Gasteiger partial charge in [0, 0.05) is 5.92 Å². The molecular formula is C28H36. The van der Waals surface area contributed by atoms with Crippen molar-refractivity contribution in [2.45, 2.75) is 60.3 Å². The monoisotopic (exact) mass is 372 g/mol. The topological polar surface area (TPSA) is 0 Å². The van der Waals surface area contributed by atoms with E-state index in [1.165, 1.54) is 46.2 Å². The van der Waals surface area contributed by atoms with E-state index in [1.807, 2.05) is 27.7 Å². The van der Waals surface area contributed by atoms with Crippen LogP contribution in [-0.2, 0) is 6.42 Å². The van der Waals surface area contributed by atoms with E-state index in [0.29, 0.717) is 5.92 Å². The number of fused-ring (bicyclic) bond motifs is 1. The van der Waals surface area contributed by atoms with Crippen LogP contribution < -0.4 is 0 Å². The fourth-order valence-electron chi connectivity index (χ4n) is 4.04. The third kappa shape index (κ3) is 5.13. The summed E-state index contributed by atoms with van der Waals surface area (Å²) in [6.07, 6.45) is 2.46. The van der Waals surface area contributed by atoms with Gasteiger partial charge in [-0.3, -0.25) is 0 Å². The van der Waals surface area contributed by atoms with Crippen molar-refractivity contribution < 1.29 is 0 Å². The molecule has 1 aliphatic carbocycles. The highest BCUT2D eigenvalue weighted by atomic mass is 14.3. The summed E-state index contributed by atoms with van der Waals surface area (Å²) in [6.45, 7) is 12.5. The van der Waals surface area contributed by atoms with E-state index >= 15 is 0 Å². The van der Waals surface area contributed by atoms with E-state index in [4.69, 9.17) is 0 Å². The van der Waals surface area contributed by atoms with Crippen LogP contribution in [0.3, 0.4) is 0 Å². The molecule has 2 atom stereocenters. The lowest BCUT2D eigenvalue weighted by Gasteiger charge is -2.30. The van der Waals surface area contributed by atoms with E-state index in [9.17, 15) is 0 Å². The van der Waals surface area contributed by atoms with E-state index in [1.54, 1.807) is 0 Å². The van der Waals surface area contributed by atoms with Crippen LogP contribution in [0.25, 0.3) is 11.1 Å². The van der Waals surface area contributed by atoms with E-state index in [-0.39, 0.29) is 0 Å². The molecule has 0 amide bonds. The molecule has 0 heterocycles. The Morgan fingerprint density at radius 1 is 0.714 bits per heavy atom. The summed E-state index contributed by atoms with van der Waals surface area (Å²) in [6, 6.07) is 27.0. The summed E-state index contributed by atoms with van der Waals surface area (Å²) >= 11 is 0. The van der Waals surface area contributed by atoms with Gasteiger partial charge in [0.25, 0.3) is 0 Å². The summed E-state index contributed by atoms with van der Waals surface area (Å²) in [5, 5.41) is 0. The molecule has 0 saturated heterocycles. The summed E-state index contributed by atoms with van der Waals surface area (Å²) < 4.78 is 0. The van der Waals surface area contributed by atoms with Crippen molar-refractivity contribution >= 4 is 0 Å². The molecule has 0 radical (unpaired) electrons. The molecule has 0 fully saturated rings. The van der Waals surface area contributed by atoms with Gasteiger partial charge in [-0.1, -0.05) is 113 Å². The lowest BCUT2D eigenvalue weighted by Crippen LogP contribution is -2.17. The van der Waals surface area contributed by atoms with Crippen molar-refractivity contribution in [3.63, 3.8) is 0 Å². The zero-order valence-corrected chi connectivity index (χ0v) is 18.5. The Balaban J connectivity index is 0.000000660. The maximum atomic E-state index is 2.39.